The molecule has 0 saturated carbocycles. The van der Waals surface area contributed by atoms with Crippen LogP contribution >= 0.6 is 0 Å². The lowest BCUT2D eigenvalue weighted by Crippen LogP contribution is -2.41. The molecule has 0 aliphatic carbocycles. The third-order valence-electron chi connectivity index (χ3n) is 4.51. The predicted octanol–water partition coefficient (Wildman–Crippen LogP) is 2.53. The number of carbonyl (C=O) groups excluding carboxylic acids is 4. The van der Waals surface area contributed by atoms with Crippen molar-refractivity contribution in [2.75, 3.05) is 13.2 Å². The van der Waals surface area contributed by atoms with E-state index in [4.69, 9.17) is 9.47 Å². The largest absolute Gasteiger partial charge is 0.454 e. The first-order valence-electron chi connectivity index (χ1n) is 9.61. The molecular formula is C22H22N2O6. The summed E-state index contributed by atoms with van der Waals surface area (Å²) in [5.74, 6) is -1.91. The Hall–Kier alpha value is -3.68. The molecule has 0 spiro atoms. The molecule has 0 aromatic heterocycles. The van der Waals surface area contributed by atoms with Crippen LogP contribution in [0.1, 0.15) is 51.3 Å². The molecule has 0 radical (unpaired) electrons. The SMILES string of the molecule is CCCNC(=O)NC(=O)COC(=O)c1ccc2c(c1)CC(c1ccccc1)OC2=O. The highest BCUT2D eigenvalue weighted by atomic mass is 16.5. The van der Waals surface area contributed by atoms with Gasteiger partial charge >= 0.3 is 18.0 Å². The fourth-order valence-corrected chi connectivity index (χ4v) is 3.04. The van der Waals surface area contributed by atoms with Crippen molar-refractivity contribution in [1.29, 1.82) is 0 Å². The van der Waals surface area contributed by atoms with Crippen LogP contribution in [0.5, 0.6) is 0 Å². The maximum absolute atomic E-state index is 12.3. The molecule has 2 N–H and O–H groups in total. The number of fused-ring (bicyclic) bond motifs is 1. The average Bonchev–Trinajstić information content (AvgIpc) is 2.76. The van der Waals surface area contributed by atoms with Crippen LogP contribution in [-0.4, -0.2) is 37.0 Å². The van der Waals surface area contributed by atoms with Gasteiger partial charge in [0.25, 0.3) is 5.91 Å². The van der Waals surface area contributed by atoms with Gasteiger partial charge in [-0.05, 0) is 35.7 Å². The Bertz CT molecular complexity index is 957. The van der Waals surface area contributed by atoms with Gasteiger partial charge in [-0.3, -0.25) is 10.1 Å². The summed E-state index contributed by atoms with van der Waals surface area (Å²) in [4.78, 5) is 47.8. The number of hydrogen-bond acceptors (Lipinski definition) is 6. The maximum atomic E-state index is 12.3. The number of urea groups is 1. The van der Waals surface area contributed by atoms with E-state index in [9.17, 15) is 19.2 Å². The summed E-state index contributed by atoms with van der Waals surface area (Å²) < 4.78 is 10.5. The van der Waals surface area contributed by atoms with Gasteiger partial charge in [0.05, 0.1) is 11.1 Å². The third-order valence-corrected chi connectivity index (χ3v) is 4.51. The average molecular weight is 410 g/mol. The van der Waals surface area contributed by atoms with Gasteiger partial charge in [0.15, 0.2) is 6.61 Å². The van der Waals surface area contributed by atoms with Crippen LogP contribution in [0.2, 0.25) is 0 Å². The van der Waals surface area contributed by atoms with Gasteiger partial charge in [-0.25, -0.2) is 14.4 Å². The summed E-state index contributed by atoms with van der Waals surface area (Å²) in [6, 6.07) is 13.2. The first kappa shape index (κ1) is 21.0. The summed E-state index contributed by atoms with van der Waals surface area (Å²) in [7, 11) is 0. The lowest BCUT2D eigenvalue weighted by atomic mass is 9.93. The van der Waals surface area contributed by atoms with E-state index in [1.54, 1.807) is 6.07 Å². The number of esters is 2. The summed E-state index contributed by atoms with van der Waals surface area (Å²) >= 11 is 0. The molecular weight excluding hydrogens is 388 g/mol. The Balaban J connectivity index is 1.63. The second-order valence-corrected chi connectivity index (χ2v) is 6.76. The molecule has 8 nitrogen and oxygen atoms in total. The van der Waals surface area contributed by atoms with Gasteiger partial charge in [-0.2, -0.15) is 0 Å². The molecule has 2 aromatic rings. The second kappa shape index (κ2) is 9.69. The molecule has 0 bridgehead atoms. The normalized spacial score (nSPS) is 14.8. The van der Waals surface area contributed by atoms with Gasteiger partial charge in [0, 0.05) is 13.0 Å². The summed E-state index contributed by atoms with van der Waals surface area (Å²) in [6.45, 7) is 1.72. The van der Waals surface area contributed by atoms with Crippen molar-refractivity contribution in [3.05, 3.63) is 70.8 Å². The molecule has 1 aliphatic heterocycles. The molecule has 3 amide bonds. The van der Waals surface area contributed by atoms with Crippen LogP contribution in [0.15, 0.2) is 48.5 Å². The van der Waals surface area contributed by atoms with E-state index in [1.807, 2.05) is 37.3 Å². The first-order valence-corrected chi connectivity index (χ1v) is 9.61. The highest BCUT2D eigenvalue weighted by molar-refractivity contribution is 5.98. The number of ether oxygens (including phenoxy) is 2. The topological polar surface area (TPSA) is 111 Å². The minimum absolute atomic E-state index is 0.207. The van der Waals surface area contributed by atoms with Crippen molar-refractivity contribution in [2.24, 2.45) is 0 Å². The van der Waals surface area contributed by atoms with E-state index in [2.05, 4.69) is 10.6 Å². The Labute approximate surface area is 173 Å². The lowest BCUT2D eigenvalue weighted by molar-refractivity contribution is -0.123. The van der Waals surface area contributed by atoms with Crippen LogP contribution in [0.3, 0.4) is 0 Å². The minimum Gasteiger partial charge on any atom is -0.454 e. The Morgan fingerprint density at radius 3 is 2.63 bits per heavy atom. The number of benzene rings is 2. The molecule has 3 rings (SSSR count). The van der Waals surface area contributed by atoms with Crippen molar-refractivity contribution in [1.82, 2.24) is 10.6 Å². The highest BCUT2D eigenvalue weighted by Gasteiger charge is 2.28. The van der Waals surface area contributed by atoms with Gasteiger partial charge < -0.3 is 14.8 Å². The van der Waals surface area contributed by atoms with Crippen LogP contribution < -0.4 is 10.6 Å². The van der Waals surface area contributed by atoms with E-state index in [-0.39, 0.29) is 5.56 Å². The van der Waals surface area contributed by atoms with Gasteiger partial charge in [-0.15, -0.1) is 0 Å². The number of hydrogen-bond donors (Lipinski definition) is 2. The monoisotopic (exact) mass is 410 g/mol. The lowest BCUT2D eigenvalue weighted by Gasteiger charge is -2.25. The number of carbonyl (C=O) groups is 4. The molecule has 30 heavy (non-hydrogen) atoms. The summed E-state index contributed by atoms with van der Waals surface area (Å²) in [5.41, 5.74) is 2.13. The Morgan fingerprint density at radius 1 is 1.13 bits per heavy atom. The smallest absolute Gasteiger partial charge is 0.339 e. The zero-order valence-corrected chi connectivity index (χ0v) is 16.5. The fraction of sp³-hybridized carbons (Fsp3) is 0.273. The van der Waals surface area contributed by atoms with Crippen molar-refractivity contribution >= 4 is 23.9 Å². The van der Waals surface area contributed by atoms with Crippen molar-refractivity contribution < 1.29 is 28.7 Å². The van der Waals surface area contributed by atoms with Crippen molar-refractivity contribution in [3.8, 4) is 0 Å². The van der Waals surface area contributed by atoms with E-state index in [0.29, 0.717) is 24.1 Å². The molecule has 0 saturated heterocycles. The predicted molar refractivity (Wildman–Crippen MR) is 107 cm³/mol. The van der Waals surface area contributed by atoms with Crippen molar-refractivity contribution in [2.45, 2.75) is 25.9 Å². The molecule has 0 fully saturated rings. The molecule has 8 heteroatoms. The van der Waals surface area contributed by atoms with Crippen LogP contribution in [0.4, 0.5) is 4.79 Å². The minimum atomic E-state index is -0.734. The zero-order chi connectivity index (χ0) is 21.5. The van der Waals surface area contributed by atoms with E-state index in [1.165, 1.54) is 12.1 Å². The Kier molecular flexibility index (Phi) is 6.79. The van der Waals surface area contributed by atoms with E-state index < -0.39 is 36.6 Å². The molecule has 1 heterocycles. The van der Waals surface area contributed by atoms with Gasteiger partial charge in [0.1, 0.15) is 6.10 Å². The molecule has 156 valence electrons. The Morgan fingerprint density at radius 2 is 1.90 bits per heavy atom. The highest BCUT2D eigenvalue weighted by Crippen LogP contribution is 2.31. The van der Waals surface area contributed by atoms with Crippen LogP contribution in [0.25, 0.3) is 0 Å². The molecule has 1 atom stereocenters. The molecule has 1 aliphatic rings. The van der Waals surface area contributed by atoms with E-state index >= 15 is 0 Å². The maximum Gasteiger partial charge on any atom is 0.339 e. The van der Waals surface area contributed by atoms with Crippen LogP contribution in [0, 0.1) is 0 Å². The van der Waals surface area contributed by atoms with Crippen LogP contribution in [-0.2, 0) is 20.7 Å². The third kappa shape index (κ3) is 5.22. The zero-order valence-electron chi connectivity index (χ0n) is 16.5. The quantitative estimate of drug-likeness (QED) is 0.708. The van der Waals surface area contributed by atoms with E-state index in [0.717, 1.165) is 12.0 Å². The standard InChI is InChI=1S/C22H22N2O6/c1-2-10-23-22(28)24-19(25)13-29-20(26)15-8-9-17-16(11-15)12-18(30-21(17)27)14-6-4-3-5-7-14/h3-9,11,18H,2,10,12-13H2,1H3,(H2,23,24,25,28). The molecule has 2 aromatic carbocycles. The van der Waals surface area contributed by atoms with Crippen molar-refractivity contribution in [3.63, 3.8) is 0 Å². The van der Waals surface area contributed by atoms with Gasteiger partial charge in [0.2, 0.25) is 0 Å². The fourth-order valence-electron chi connectivity index (χ4n) is 3.04. The number of cyclic esters (lactones) is 1. The summed E-state index contributed by atoms with van der Waals surface area (Å²) in [5, 5.41) is 4.56. The first-order chi connectivity index (χ1) is 14.5. The number of rotatable bonds is 6. The summed E-state index contributed by atoms with van der Waals surface area (Å²) in [6.07, 6.45) is 0.711. The molecule has 1 unspecified atom stereocenters. The number of nitrogens with one attached hydrogen (secondary N) is 2. The number of imide groups is 1. The second-order valence-electron chi connectivity index (χ2n) is 6.76. The van der Waals surface area contributed by atoms with Gasteiger partial charge in [-0.1, -0.05) is 37.3 Å². The number of amides is 3.